The molecule has 2 atom stereocenters. The lowest BCUT2D eigenvalue weighted by molar-refractivity contribution is 0.00175. The lowest BCUT2D eigenvalue weighted by Gasteiger charge is -2.49. The number of pyridine rings is 2. The van der Waals surface area contributed by atoms with Crippen LogP contribution in [0.1, 0.15) is 48.4 Å². The number of nitrogens with zero attached hydrogens (tertiary/aromatic N) is 4. The van der Waals surface area contributed by atoms with E-state index in [9.17, 15) is 9.59 Å². The molecule has 1 fully saturated rings. The molecule has 3 rings (SSSR count). The Morgan fingerprint density at radius 3 is 1.50 bits per heavy atom. The first-order chi connectivity index (χ1) is 13.4. The minimum atomic E-state index is -0.0525. The zero-order valence-electron chi connectivity index (χ0n) is 16.9. The maximum Gasteiger partial charge on any atom is 0.255 e. The monoisotopic (exact) mass is 380 g/mol. The molecule has 2 amide bonds. The minimum absolute atomic E-state index is 0.0223. The van der Waals surface area contributed by atoms with Crippen molar-refractivity contribution in [2.24, 2.45) is 11.8 Å². The second-order valence-corrected chi connectivity index (χ2v) is 8.02. The highest BCUT2D eigenvalue weighted by Crippen LogP contribution is 2.27. The lowest BCUT2D eigenvalue weighted by atomic mass is 9.91. The van der Waals surface area contributed by atoms with Gasteiger partial charge in [0.1, 0.15) is 0 Å². The molecule has 2 aromatic heterocycles. The van der Waals surface area contributed by atoms with E-state index < -0.39 is 0 Å². The van der Waals surface area contributed by atoms with E-state index in [1.807, 2.05) is 9.80 Å². The molecule has 28 heavy (non-hydrogen) atoms. The molecule has 2 aromatic rings. The zero-order valence-corrected chi connectivity index (χ0v) is 16.9. The quantitative estimate of drug-likeness (QED) is 0.817. The van der Waals surface area contributed by atoms with Crippen LogP contribution in [0, 0.1) is 11.8 Å². The van der Waals surface area contributed by atoms with Gasteiger partial charge in [-0.1, -0.05) is 27.7 Å². The van der Waals surface area contributed by atoms with E-state index >= 15 is 0 Å². The standard InChI is InChI=1S/C22H28N4O2/c1-15(2)19-13-26(22(28)18-8-6-10-24-12-18)20(16(3)4)14-25(19)21(27)17-7-5-9-23-11-17/h5-12,15-16,19-20H,13-14H2,1-4H3/t19-,20-/m1/s1. The molecular formula is C22H28N4O2. The molecule has 0 N–H and O–H groups in total. The summed E-state index contributed by atoms with van der Waals surface area (Å²) in [4.78, 5) is 38.4. The number of amides is 2. The van der Waals surface area contributed by atoms with E-state index in [1.54, 1.807) is 49.1 Å². The fraction of sp³-hybridized carbons (Fsp3) is 0.455. The third-order valence-corrected chi connectivity index (χ3v) is 5.45. The van der Waals surface area contributed by atoms with Gasteiger partial charge in [0.05, 0.1) is 23.2 Å². The molecule has 0 aliphatic carbocycles. The molecule has 0 unspecified atom stereocenters. The second kappa shape index (κ2) is 8.50. The van der Waals surface area contributed by atoms with Gasteiger partial charge in [-0.05, 0) is 36.1 Å². The van der Waals surface area contributed by atoms with Crippen LogP contribution in [-0.4, -0.2) is 56.8 Å². The maximum atomic E-state index is 13.2. The first-order valence-electron chi connectivity index (χ1n) is 9.82. The summed E-state index contributed by atoms with van der Waals surface area (Å²) in [5, 5.41) is 0. The third kappa shape index (κ3) is 4.06. The van der Waals surface area contributed by atoms with Gasteiger partial charge in [-0.15, -0.1) is 0 Å². The van der Waals surface area contributed by atoms with Crippen molar-refractivity contribution >= 4 is 11.8 Å². The fourth-order valence-electron chi connectivity index (χ4n) is 3.79. The van der Waals surface area contributed by atoms with Crippen LogP contribution in [-0.2, 0) is 0 Å². The van der Waals surface area contributed by atoms with Gasteiger partial charge >= 0.3 is 0 Å². The Morgan fingerprint density at radius 1 is 0.821 bits per heavy atom. The van der Waals surface area contributed by atoms with Crippen molar-refractivity contribution in [3.63, 3.8) is 0 Å². The number of piperazine rings is 1. The Labute approximate surface area is 166 Å². The van der Waals surface area contributed by atoms with Crippen molar-refractivity contribution in [3.05, 3.63) is 60.2 Å². The van der Waals surface area contributed by atoms with Crippen molar-refractivity contribution in [2.75, 3.05) is 13.1 Å². The summed E-state index contributed by atoms with van der Waals surface area (Å²) in [6, 6.07) is 7.04. The molecule has 148 valence electrons. The molecule has 0 aromatic carbocycles. The smallest absolute Gasteiger partial charge is 0.255 e. The summed E-state index contributed by atoms with van der Waals surface area (Å²) in [5.74, 6) is 0.396. The van der Waals surface area contributed by atoms with Crippen LogP contribution >= 0.6 is 0 Å². The van der Waals surface area contributed by atoms with Gasteiger partial charge in [-0.2, -0.15) is 0 Å². The summed E-state index contributed by atoms with van der Waals surface area (Å²) < 4.78 is 0. The number of hydrogen-bond acceptors (Lipinski definition) is 4. The van der Waals surface area contributed by atoms with E-state index in [4.69, 9.17) is 0 Å². The molecule has 6 nitrogen and oxygen atoms in total. The van der Waals surface area contributed by atoms with Crippen LogP contribution in [0.15, 0.2) is 49.1 Å². The zero-order chi connectivity index (χ0) is 20.3. The first kappa shape index (κ1) is 20.0. The van der Waals surface area contributed by atoms with E-state index in [2.05, 4.69) is 37.7 Å². The maximum absolute atomic E-state index is 13.2. The number of rotatable bonds is 4. The average Bonchev–Trinajstić information content (AvgIpc) is 2.72. The molecule has 0 spiro atoms. The summed E-state index contributed by atoms with van der Waals surface area (Å²) in [6.45, 7) is 9.40. The van der Waals surface area contributed by atoms with Gasteiger partial charge in [-0.25, -0.2) is 0 Å². The molecule has 1 aliphatic heterocycles. The molecule has 0 bridgehead atoms. The van der Waals surface area contributed by atoms with Crippen molar-refractivity contribution < 1.29 is 9.59 Å². The van der Waals surface area contributed by atoms with Gasteiger partial charge in [0, 0.05) is 37.9 Å². The van der Waals surface area contributed by atoms with Crippen LogP contribution in [0.4, 0.5) is 0 Å². The van der Waals surface area contributed by atoms with Crippen molar-refractivity contribution in [3.8, 4) is 0 Å². The van der Waals surface area contributed by atoms with Crippen LogP contribution in [0.5, 0.6) is 0 Å². The highest BCUT2D eigenvalue weighted by atomic mass is 16.2. The Bertz CT molecular complexity index is 738. The SMILES string of the molecule is CC(C)[C@H]1CN(C(=O)c2cccnc2)[C@@H](C(C)C)CN1C(=O)c1cccnc1. The molecular weight excluding hydrogens is 352 g/mol. The van der Waals surface area contributed by atoms with Gasteiger partial charge in [0.15, 0.2) is 0 Å². The van der Waals surface area contributed by atoms with Gasteiger partial charge in [-0.3, -0.25) is 19.6 Å². The molecule has 6 heteroatoms. The summed E-state index contributed by atoms with van der Waals surface area (Å²) in [7, 11) is 0. The van der Waals surface area contributed by atoms with Crippen LogP contribution in [0.25, 0.3) is 0 Å². The van der Waals surface area contributed by atoms with E-state index in [0.717, 1.165) is 0 Å². The third-order valence-electron chi connectivity index (χ3n) is 5.45. The van der Waals surface area contributed by atoms with Gasteiger partial charge < -0.3 is 9.80 Å². The molecule has 1 saturated heterocycles. The van der Waals surface area contributed by atoms with Gasteiger partial charge in [0.2, 0.25) is 0 Å². The molecule has 3 heterocycles. The number of carbonyl (C=O) groups excluding carboxylic acids is 2. The number of aromatic nitrogens is 2. The summed E-state index contributed by atoms with van der Waals surface area (Å²) >= 11 is 0. The Hall–Kier alpha value is -2.76. The highest BCUT2D eigenvalue weighted by molar-refractivity contribution is 5.96. The van der Waals surface area contributed by atoms with E-state index in [0.29, 0.717) is 24.2 Å². The Kier molecular flexibility index (Phi) is 6.07. The van der Waals surface area contributed by atoms with Crippen molar-refractivity contribution in [1.82, 2.24) is 19.8 Å². The second-order valence-electron chi connectivity index (χ2n) is 8.02. The first-order valence-corrected chi connectivity index (χ1v) is 9.82. The predicted molar refractivity (Wildman–Crippen MR) is 108 cm³/mol. The molecule has 1 aliphatic rings. The Morgan fingerprint density at radius 2 is 1.21 bits per heavy atom. The van der Waals surface area contributed by atoms with Crippen LogP contribution in [0.3, 0.4) is 0 Å². The highest BCUT2D eigenvalue weighted by Gasteiger charge is 2.41. The minimum Gasteiger partial charge on any atom is -0.331 e. The molecule has 0 radical (unpaired) electrons. The molecule has 0 saturated carbocycles. The van der Waals surface area contributed by atoms with Crippen molar-refractivity contribution in [1.29, 1.82) is 0 Å². The van der Waals surface area contributed by atoms with Crippen LogP contribution in [0.2, 0.25) is 0 Å². The Balaban J connectivity index is 1.92. The topological polar surface area (TPSA) is 66.4 Å². The van der Waals surface area contributed by atoms with Crippen LogP contribution < -0.4 is 0 Å². The van der Waals surface area contributed by atoms with E-state index in [-0.39, 0.29) is 35.7 Å². The fourth-order valence-corrected chi connectivity index (χ4v) is 3.79. The lowest BCUT2D eigenvalue weighted by Crippen LogP contribution is -2.64. The van der Waals surface area contributed by atoms with Gasteiger partial charge in [0.25, 0.3) is 11.8 Å². The van der Waals surface area contributed by atoms with Crippen molar-refractivity contribution in [2.45, 2.75) is 39.8 Å². The van der Waals surface area contributed by atoms with E-state index in [1.165, 1.54) is 0 Å². The number of hydrogen-bond donors (Lipinski definition) is 0. The summed E-state index contributed by atoms with van der Waals surface area (Å²) in [6.07, 6.45) is 6.55. The normalized spacial score (nSPS) is 19.9. The predicted octanol–water partition coefficient (Wildman–Crippen LogP) is 3.12. The number of carbonyl (C=O) groups is 2. The summed E-state index contributed by atoms with van der Waals surface area (Å²) in [5.41, 5.74) is 1.17. The largest absolute Gasteiger partial charge is 0.331 e. The average molecular weight is 380 g/mol.